The first kappa shape index (κ1) is 63.9. The summed E-state index contributed by atoms with van der Waals surface area (Å²) in [6.45, 7) is 3.88. The van der Waals surface area contributed by atoms with Crippen LogP contribution in [0.3, 0.4) is 0 Å². The van der Waals surface area contributed by atoms with E-state index in [1.807, 2.05) is 21.1 Å². The van der Waals surface area contributed by atoms with Gasteiger partial charge in [-0.1, -0.05) is 173 Å². The van der Waals surface area contributed by atoms with Crippen molar-refractivity contribution in [2.45, 2.75) is 161 Å². The molecule has 0 saturated carbocycles. The number of nitrogens with zero attached hydrogens (tertiary/aromatic N) is 1. The molecule has 0 N–H and O–H groups in total. The zero-order valence-corrected chi connectivity index (χ0v) is 43.9. The minimum atomic E-state index is -4.66. The van der Waals surface area contributed by atoms with Gasteiger partial charge >= 0.3 is 11.9 Å². The van der Waals surface area contributed by atoms with Gasteiger partial charge in [-0.05, 0) is 116 Å². The third-order valence-corrected chi connectivity index (χ3v) is 10.8. The van der Waals surface area contributed by atoms with Crippen LogP contribution in [0.2, 0.25) is 0 Å². The number of phosphoric ester groups is 1. The summed E-state index contributed by atoms with van der Waals surface area (Å²) in [4.78, 5) is 37.6. The fourth-order valence-electron chi connectivity index (χ4n) is 5.95. The Morgan fingerprint density at radius 1 is 0.456 bits per heavy atom. The molecule has 0 aromatic heterocycles. The van der Waals surface area contributed by atoms with E-state index in [0.717, 1.165) is 116 Å². The zero-order chi connectivity index (χ0) is 49.9. The number of unbranched alkanes of at least 4 members (excludes halogenated alkanes) is 6. The number of carbonyl (C=O) groups excluding carboxylic acids is 2. The van der Waals surface area contributed by atoms with Crippen molar-refractivity contribution in [3.63, 3.8) is 0 Å². The highest BCUT2D eigenvalue weighted by molar-refractivity contribution is 7.45. The van der Waals surface area contributed by atoms with Crippen molar-refractivity contribution in [2.75, 3.05) is 47.5 Å². The van der Waals surface area contributed by atoms with Gasteiger partial charge < -0.3 is 27.9 Å². The highest BCUT2D eigenvalue weighted by Crippen LogP contribution is 2.38. The van der Waals surface area contributed by atoms with E-state index in [9.17, 15) is 19.0 Å². The fourth-order valence-corrected chi connectivity index (χ4v) is 6.68. The Morgan fingerprint density at radius 2 is 0.794 bits per heavy atom. The summed E-state index contributed by atoms with van der Waals surface area (Å²) in [5, 5.41) is 0. The molecule has 0 aliphatic heterocycles. The van der Waals surface area contributed by atoms with E-state index in [0.29, 0.717) is 23.9 Å². The van der Waals surface area contributed by atoms with Crippen LogP contribution in [0.4, 0.5) is 0 Å². The molecule has 0 saturated heterocycles. The van der Waals surface area contributed by atoms with Gasteiger partial charge in [0.15, 0.2) is 6.10 Å². The van der Waals surface area contributed by atoms with Crippen molar-refractivity contribution in [2.24, 2.45) is 0 Å². The molecule has 0 aromatic carbocycles. The average molecular weight is 962 g/mol. The lowest BCUT2D eigenvalue weighted by atomic mass is 10.1. The van der Waals surface area contributed by atoms with Crippen molar-refractivity contribution >= 4 is 19.8 Å². The molecule has 2 unspecified atom stereocenters. The van der Waals surface area contributed by atoms with Crippen molar-refractivity contribution < 1.29 is 42.1 Å². The highest BCUT2D eigenvalue weighted by Gasteiger charge is 2.21. The number of carbonyl (C=O) groups is 2. The van der Waals surface area contributed by atoms with Gasteiger partial charge in [-0.2, -0.15) is 0 Å². The van der Waals surface area contributed by atoms with Gasteiger partial charge in [-0.25, -0.2) is 0 Å². The second-order valence-electron chi connectivity index (χ2n) is 17.4. The van der Waals surface area contributed by atoms with E-state index < -0.39 is 32.5 Å². The molecule has 2 atom stereocenters. The molecular formula is C58H92NO8P. The van der Waals surface area contributed by atoms with E-state index in [1.165, 1.54) is 0 Å². The summed E-state index contributed by atoms with van der Waals surface area (Å²) in [7, 11) is 1.10. The third-order valence-electron chi connectivity index (χ3n) is 9.85. The van der Waals surface area contributed by atoms with E-state index in [4.69, 9.17) is 18.5 Å². The van der Waals surface area contributed by atoms with Crippen LogP contribution < -0.4 is 4.89 Å². The molecule has 0 aliphatic rings. The van der Waals surface area contributed by atoms with Crippen LogP contribution in [-0.4, -0.2) is 70.0 Å². The Morgan fingerprint density at radius 3 is 1.15 bits per heavy atom. The lowest BCUT2D eigenvalue weighted by Crippen LogP contribution is -2.37. The van der Waals surface area contributed by atoms with Crippen molar-refractivity contribution in [1.29, 1.82) is 0 Å². The third kappa shape index (κ3) is 51.3. The molecule has 382 valence electrons. The summed E-state index contributed by atoms with van der Waals surface area (Å²) in [5.74, 6) is -0.924. The Hall–Kier alpha value is -4.11. The molecule has 9 nitrogen and oxygen atoms in total. The summed E-state index contributed by atoms with van der Waals surface area (Å²) in [6, 6.07) is 0. The van der Waals surface area contributed by atoms with Gasteiger partial charge in [-0.3, -0.25) is 14.2 Å². The van der Waals surface area contributed by atoms with E-state index in [-0.39, 0.29) is 26.1 Å². The van der Waals surface area contributed by atoms with Crippen LogP contribution in [0.25, 0.3) is 0 Å². The molecule has 0 bridgehead atoms. The molecular weight excluding hydrogens is 870 g/mol. The predicted molar refractivity (Wildman–Crippen MR) is 286 cm³/mol. The molecule has 68 heavy (non-hydrogen) atoms. The minimum Gasteiger partial charge on any atom is -0.756 e. The van der Waals surface area contributed by atoms with Crippen LogP contribution in [-0.2, 0) is 32.7 Å². The molecule has 0 aromatic rings. The lowest BCUT2D eigenvalue weighted by Gasteiger charge is -2.28. The molecule has 0 spiro atoms. The van der Waals surface area contributed by atoms with Crippen molar-refractivity contribution in [3.8, 4) is 0 Å². The first-order chi connectivity index (χ1) is 33.0. The maximum Gasteiger partial charge on any atom is 0.306 e. The normalized spacial score (nSPS) is 14.6. The molecule has 0 aliphatic carbocycles. The molecule has 0 heterocycles. The summed E-state index contributed by atoms with van der Waals surface area (Å²) < 4.78 is 33.9. The van der Waals surface area contributed by atoms with E-state index >= 15 is 0 Å². The standard InChI is InChI=1S/C58H92NO8P/c1-6-8-10-12-14-16-18-20-21-22-23-24-25-26-27-28-29-30-31-32-33-34-35-36-37-39-41-43-45-47-49-51-58(61)67-56(55-66-68(62,63)65-53-52-59(3,4)5)54-64-57(60)50-48-46-44-42-40-38-19-17-15-13-11-9-7-2/h8-11,14-17,20-21,23-24,26-27,29-30,32-33,35-36,38-41,56H,6-7,12-13,18-19,22,25,28,31,34,37,42-55H2,1-5H3/b10-8-,11-9-,16-14-,17-15-,21-20-,24-23-,27-26-,30-29-,33-32-,36-35-,40-38-,41-39-. The summed E-state index contributed by atoms with van der Waals surface area (Å²) in [6.07, 6.45) is 70.4. The largest absolute Gasteiger partial charge is 0.756 e. The minimum absolute atomic E-state index is 0.0518. The van der Waals surface area contributed by atoms with Gasteiger partial charge in [0.25, 0.3) is 7.82 Å². The van der Waals surface area contributed by atoms with E-state index in [2.05, 4.69) is 160 Å². The van der Waals surface area contributed by atoms with Gasteiger partial charge in [0.05, 0.1) is 27.7 Å². The molecule has 0 rings (SSSR count). The molecule has 0 radical (unpaired) electrons. The Kier molecular flexibility index (Phi) is 45.0. The number of ether oxygens (including phenoxy) is 2. The monoisotopic (exact) mass is 962 g/mol. The van der Waals surface area contributed by atoms with Gasteiger partial charge in [-0.15, -0.1) is 0 Å². The van der Waals surface area contributed by atoms with Crippen LogP contribution >= 0.6 is 7.82 Å². The first-order valence-electron chi connectivity index (χ1n) is 25.5. The van der Waals surface area contributed by atoms with Gasteiger partial charge in [0.1, 0.15) is 19.8 Å². The zero-order valence-electron chi connectivity index (χ0n) is 43.0. The van der Waals surface area contributed by atoms with Crippen molar-refractivity contribution in [1.82, 2.24) is 0 Å². The maximum absolute atomic E-state index is 12.7. The van der Waals surface area contributed by atoms with Crippen LogP contribution in [0.15, 0.2) is 146 Å². The number of rotatable bonds is 44. The smallest absolute Gasteiger partial charge is 0.306 e. The first-order valence-corrected chi connectivity index (χ1v) is 27.0. The summed E-state index contributed by atoms with van der Waals surface area (Å²) >= 11 is 0. The summed E-state index contributed by atoms with van der Waals surface area (Å²) in [5.41, 5.74) is 0. The fraction of sp³-hybridized carbons (Fsp3) is 0.552. The Labute approximate surface area is 414 Å². The quantitative estimate of drug-likeness (QED) is 0.0195. The number of phosphoric acid groups is 1. The van der Waals surface area contributed by atoms with Gasteiger partial charge in [0.2, 0.25) is 0 Å². The Balaban J connectivity index is 4.35. The average Bonchev–Trinajstić information content (AvgIpc) is 3.30. The lowest BCUT2D eigenvalue weighted by molar-refractivity contribution is -0.870. The van der Waals surface area contributed by atoms with Crippen LogP contribution in [0.5, 0.6) is 0 Å². The Bertz CT molecular complexity index is 1650. The number of hydrogen-bond donors (Lipinski definition) is 0. The van der Waals surface area contributed by atoms with Gasteiger partial charge in [0, 0.05) is 12.8 Å². The maximum atomic E-state index is 12.7. The molecule has 0 amide bonds. The molecule has 10 heteroatoms. The van der Waals surface area contributed by atoms with Crippen molar-refractivity contribution in [3.05, 3.63) is 146 Å². The number of hydrogen-bond acceptors (Lipinski definition) is 8. The number of quaternary nitrogens is 1. The SMILES string of the molecule is CC/C=C\C/C=C\C/C=C\C/C=C\C/C=C\C/C=C\C/C=C\C/C=C\C/C=C\CCCCCC(=O)OC(COC(=O)CCCCC/C=C\C/C=C\C/C=C\CC)COP(=O)([O-])OCC[N+](C)(C)C. The topological polar surface area (TPSA) is 111 Å². The second-order valence-corrected chi connectivity index (χ2v) is 18.8. The highest BCUT2D eigenvalue weighted by atomic mass is 31.2. The number of esters is 2. The molecule has 0 fully saturated rings. The number of likely N-dealkylation sites (N-methyl/N-ethyl adjacent to an activating group) is 1. The van der Waals surface area contributed by atoms with E-state index in [1.54, 1.807) is 0 Å². The second kappa shape index (κ2) is 47.9. The number of allylic oxidation sites excluding steroid dienone is 24. The predicted octanol–water partition coefficient (Wildman–Crippen LogP) is 14.9. The van der Waals surface area contributed by atoms with Crippen LogP contribution in [0, 0.1) is 0 Å². The van der Waals surface area contributed by atoms with Crippen LogP contribution in [0.1, 0.15) is 155 Å².